The van der Waals surface area contributed by atoms with Crippen molar-refractivity contribution in [1.82, 2.24) is 30.0 Å². The number of aromatic nitrogens is 5. The van der Waals surface area contributed by atoms with Crippen LogP contribution in [0.25, 0.3) is 44.5 Å². The normalized spacial score (nSPS) is 17.1. The van der Waals surface area contributed by atoms with E-state index < -0.39 is 0 Å². The number of piperazine rings is 1. The first kappa shape index (κ1) is 24.8. The molecule has 1 saturated heterocycles. The smallest absolute Gasteiger partial charge is 0.139 e. The molecule has 0 radical (unpaired) electrons. The first-order valence-electron chi connectivity index (χ1n) is 14.4. The molecule has 0 atom stereocenters. The Morgan fingerprint density at radius 2 is 1.80 bits per heavy atom. The summed E-state index contributed by atoms with van der Waals surface area (Å²) >= 11 is 0. The van der Waals surface area contributed by atoms with Crippen LogP contribution in [0.2, 0.25) is 0 Å². The lowest BCUT2D eigenvalue weighted by Crippen LogP contribution is -2.44. The van der Waals surface area contributed by atoms with Crippen LogP contribution < -0.4 is 10.2 Å². The molecule has 3 N–H and O–H groups in total. The summed E-state index contributed by atoms with van der Waals surface area (Å²) in [5.41, 5.74) is 9.22. The van der Waals surface area contributed by atoms with Crippen molar-refractivity contribution >= 4 is 33.3 Å². The molecule has 0 unspecified atom stereocenters. The van der Waals surface area contributed by atoms with Crippen LogP contribution in [0.5, 0.6) is 0 Å². The summed E-state index contributed by atoms with van der Waals surface area (Å²) in [6, 6.07) is 12.9. The number of likely N-dealkylation sites (N-methyl/N-ethyl adjacent to an activating group) is 1. The molecule has 1 aliphatic heterocycles. The van der Waals surface area contributed by atoms with Gasteiger partial charge >= 0.3 is 0 Å². The number of hydrogen-bond acceptors (Lipinski definition) is 6. The van der Waals surface area contributed by atoms with Crippen molar-refractivity contribution in [2.24, 2.45) is 5.92 Å². The van der Waals surface area contributed by atoms with Crippen molar-refractivity contribution in [3.8, 4) is 22.5 Å². The summed E-state index contributed by atoms with van der Waals surface area (Å²) in [5.74, 6) is 0.546. The fraction of sp³-hybridized carbons (Fsp3) is 0.344. The van der Waals surface area contributed by atoms with Crippen molar-refractivity contribution in [1.29, 1.82) is 0 Å². The van der Waals surface area contributed by atoms with Crippen molar-refractivity contribution in [2.45, 2.75) is 32.1 Å². The predicted octanol–water partition coefficient (Wildman–Crippen LogP) is 6.43. The number of nitrogens with zero attached hydrogens (tertiary/aromatic N) is 5. The van der Waals surface area contributed by atoms with Gasteiger partial charge in [-0.25, -0.2) is 4.98 Å². The van der Waals surface area contributed by atoms with Crippen LogP contribution in [0.1, 0.15) is 32.1 Å². The van der Waals surface area contributed by atoms with E-state index in [0.717, 1.165) is 82.0 Å². The Hall–Kier alpha value is -4.17. The molecular formula is C32H36N8. The maximum Gasteiger partial charge on any atom is 0.139 e. The van der Waals surface area contributed by atoms with E-state index in [1.165, 1.54) is 37.8 Å². The van der Waals surface area contributed by atoms with Crippen molar-refractivity contribution in [3.63, 3.8) is 0 Å². The number of hydrogen-bond donors (Lipinski definition) is 3. The van der Waals surface area contributed by atoms with E-state index in [-0.39, 0.29) is 0 Å². The number of anilines is 2. The molecule has 8 heteroatoms. The Morgan fingerprint density at radius 3 is 2.65 bits per heavy atom. The molecule has 2 aliphatic rings. The van der Waals surface area contributed by atoms with Gasteiger partial charge in [-0.1, -0.05) is 31.9 Å². The number of allylic oxidation sites excluding steroid dienone is 1. The van der Waals surface area contributed by atoms with Crippen LogP contribution in [0.4, 0.5) is 11.4 Å². The maximum absolute atomic E-state index is 4.71. The van der Waals surface area contributed by atoms with Gasteiger partial charge in [0.05, 0.1) is 23.1 Å². The highest BCUT2D eigenvalue weighted by Gasteiger charge is 2.20. The van der Waals surface area contributed by atoms with Gasteiger partial charge in [0.15, 0.2) is 0 Å². The van der Waals surface area contributed by atoms with Gasteiger partial charge < -0.3 is 20.1 Å². The zero-order valence-electron chi connectivity index (χ0n) is 23.1. The molecule has 5 heterocycles. The van der Waals surface area contributed by atoms with Crippen molar-refractivity contribution in [3.05, 3.63) is 67.3 Å². The third-order valence-corrected chi connectivity index (χ3v) is 8.65. The van der Waals surface area contributed by atoms with E-state index in [1.54, 1.807) is 0 Å². The monoisotopic (exact) mass is 532 g/mol. The summed E-state index contributed by atoms with van der Waals surface area (Å²) in [5, 5.41) is 13.7. The van der Waals surface area contributed by atoms with Gasteiger partial charge in [-0.3, -0.25) is 10.1 Å². The van der Waals surface area contributed by atoms with Gasteiger partial charge in [-0.2, -0.15) is 5.10 Å². The number of aromatic amines is 2. The first-order chi connectivity index (χ1) is 19.6. The third-order valence-electron chi connectivity index (χ3n) is 8.65. The highest BCUT2D eigenvalue weighted by molar-refractivity contribution is 5.99. The van der Waals surface area contributed by atoms with E-state index in [2.05, 4.69) is 85.2 Å². The average Bonchev–Trinajstić information content (AvgIpc) is 3.62. The van der Waals surface area contributed by atoms with Crippen LogP contribution in [0.3, 0.4) is 0 Å². The molecule has 0 amide bonds. The highest BCUT2D eigenvalue weighted by atomic mass is 15.2. The van der Waals surface area contributed by atoms with Crippen LogP contribution in [-0.4, -0.2) is 63.3 Å². The molecule has 2 fully saturated rings. The third kappa shape index (κ3) is 4.73. The predicted molar refractivity (Wildman–Crippen MR) is 163 cm³/mol. The standard InChI is InChI=1S/C32H36N8/c1-21(22-6-4-3-5-7-22)35-25-16-24(19-33-20-25)23-8-9-28-26(17-23)31(38-37-28)29-18-27-30(10-11-34-32(27)36-29)40-14-12-39(2)13-15-40/h8-11,16-20,22,35H,1,3-7,12-15H2,2H3,(H,34,36)(H,37,38). The van der Waals surface area contributed by atoms with Gasteiger partial charge in [-0.05, 0) is 61.7 Å². The van der Waals surface area contributed by atoms with Gasteiger partial charge in [0.2, 0.25) is 0 Å². The van der Waals surface area contributed by atoms with Crippen LogP contribution >= 0.6 is 0 Å². The Bertz CT molecular complexity index is 1670. The molecule has 4 aromatic heterocycles. The lowest BCUT2D eigenvalue weighted by atomic mass is 9.87. The summed E-state index contributed by atoms with van der Waals surface area (Å²) < 4.78 is 0. The minimum Gasteiger partial charge on any atom is -0.368 e. The number of pyridine rings is 2. The lowest BCUT2D eigenvalue weighted by molar-refractivity contribution is 0.313. The van der Waals surface area contributed by atoms with Crippen molar-refractivity contribution < 1.29 is 0 Å². The highest BCUT2D eigenvalue weighted by Crippen LogP contribution is 2.35. The fourth-order valence-electron chi connectivity index (χ4n) is 6.27. The second-order valence-electron chi connectivity index (χ2n) is 11.3. The van der Waals surface area contributed by atoms with Gasteiger partial charge in [0.25, 0.3) is 0 Å². The summed E-state index contributed by atoms with van der Waals surface area (Å²) in [7, 11) is 2.18. The first-order valence-corrected chi connectivity index (χ1v) is 14.4. The lowest BCUT2D eigenvalue weighted by Gasteiger charge is -2.34. The van der Waals surface area contributed by atoms with E-state index in [9.17, 15) is 0 Å². The summed E-state index contributed by atoms with van der Waals surface area (Å²) in [6.07, 6.45) is 12.1. The average molecular weight is 533 g/mol. The Morgan fingerprint density at radius 1 is 0.950 bits per heavy atom. The molecule has 7 rings (SSSR count). The number of H-pyrrole nitrogens is 2. The van der Waals surface area contributed by atoms with E-state index in [0.29, 0.717) is 5.92 Å². The van der Waals surface area contributed by atoms with Crippen LogP contribution in [0.15, 0.2) is 67.3 Å². The topological polar surface area (TPSA) is 88.8 Å². The molecule has 5 aromatic rings. The molecule has 1 aliphatic carbocycles. The fourth-order valence-corrected chi connectivity index (χ4v) is 6.27. The second kappa shape index (κ2) is 10.4. The minimum atomic E-state index is 0.546. The molecule has 204 valence electrons. The Balaban J connectivity index is 1.19. The molecule has 40 heavy (non-hydrogen) atoms. The number of nitrogens with one attached hydrogen (secondary N) is 3. The molecule has 0 spiro atoms. The second-order valence-corrected chi connectivity index (χ2v) is 11.3. The number of fused-ring (bicyclic) bond motifs is 2. The van der Waals surface area contributed by atoms with E-state index >= 15 is 0 Å². The summed E-state index contributed by atoms with van der Waals surface area (Å²) in [4.78, 5) is 17.6. The molecule has 1 aromatic carbocycles. The minimum absolute atomic E-state index is 0.546. The molecule has 0 bridgehead atoms. The van der Waals surface area contributed by atoms with Crippen LogP contribution in [0, 0.1) is 5.92 Å². The Labute approximate surface area is 234 Å². The van der Waals surface area contributed by atoms with Gasteiger partial charge in [0.1, 0.15) is 11.3 Å². The molecular weight excluding hydrogens is 496 g/mol. The van der Waals surface area contributed by atoms with Crippen molar-refractivity contribution in [2.75, 3.05) is 43.4 Å². The largest absolute Gasteiger partial charge is 0.368 e. The zero-order chi connectivity index (χ0) is 27.1. The number of rotatable bonds is 6. The van der Waals surface area contributed by atoms with Crippen LogP contribution in [-0.2, 0) is 0 Å². The zero-order valence-corrected chi connectivity index (χ0v) is 23.1. The van der Waals surface area contributed by atoms with E-state index in [4.69, 9.17) is 5.10 Å². The maximum atomic E-state index is 4.71. The number of benzene rings is 1. The molecule has 8 nitrogen and oxygen atoms in total. The van der Waals surface area contributed by atoms with Gasteiger partial charge in [-0.15, -0.1) is 0 Å². The summed E-state index contributed by atoms with van der Waals surface area (Å²) in [6.45, 7) is 8.50. The van der Waals surface area contributed by atoms with E-state index in [1.807, 2.05) is 18.6 Å². The quantitative estimate of drug-likeness (QED) is 0.234. The molecule has 1 saturated carbocycles. The SMILES string of the molecule is C=C(Nc1cncc(-c2ccc3[nH]nc(-c4cc5c(N6CCN(C)CC6)ccnc5[nH]4)c3c2)c1)C1CCCCC1. The Kier molecular flexibility index (Phi) is 6.48. The van der Waals surface area contributed by atoms with Gasteiger partial charge in [0, 0.05) is 66.3 Å².